The molecule has 0 saturated carbocycles. The molecule has 0 aromatic heterocycles. The summed E-state index contributed by atoms with van der Waals surface area (Å²) >= 11 is 3.34. The highest BCUT2D eigenvalue weighted by molar-refractivity contribution is 9.10. The average Bonchev–Trinajstić information content (AvgIpc) is 2.55. The Kier molecular flexibility index (Phi) is 6.58. The van der Waals surface area contributed by atoms with E-state index in [1.165, 1.54) is 0 Å². The molecule has 2 aromatic rings. The molecule has 0 unspecified atom stereocenters. The Morgan fingerprint density at radius 2 is 1.68 bits per heavy atom. The van der Waals surface area contributed by atoms with Crippen LogP contribution in [0.2, 0.25) is 0 Å². The summed E-state index contributed by atoms with van der Waals surface area (Å²) in [4.78, 5) is 23.9. The van der Waals surface area contributed by atoms with Crippen molar-refractivity contribution < 1.29 is 14.3 Å². The summed E-state index contributed by atoms with van der Waals surface area (Å²) in [7, 11) is 0. The number of rotatable bonds is 6. The van der Waals surface area contributed by atoms with Crippen molar-refractivity contribution in [1.82, 2.24) is 5.32 Å². The first-order valence-electron chi connectivity index (χ1n) is 7.88. The monoisotopic (exact) mass is 404 g/mol. The zero-order chi connectivity index (χ0) is 18.4. The van der Waals surface area contributed by atoms with Crippen LogP contribution in [0.5, 0.6) is 5.75 Å². The molecule has 0 heterocycles. The standard InChI is InChI=1S/C19H21BrN2O3/c1-12-8-13(2)19(14(3)9-12)22-17(23)10-21-18(24)11-25-16-7-5-4-6-15(16)20/h4-9H,10-11H2,1-3H3,(H,21,24)(H,22,23). The van der Waals surface area contributed by atoms with Crippen LogP contribution in [0.4, 0.5) is 5.69 Å². The van der Waals surface area contributed by atoms with Crippen LogP contribution in [0.3, 0.4) is 0 Å². The fourth-order valence-corrected chi connectivity index (χ4v) is 2.90. The van der Waals surface area contributed by atoms with E-state index in [0.29, 0.717) is 5.75 Å². The highest BCUT2D eigenvalue weighted by Crippen LogP contribution is 2.23. The number of benzene rings is 2. The smallest absolute Gasteiger partial charge is 0.258 e. The van der Waals surface area contributed by atoms with Crippen molar-refractivity contribution in [1.29, 1.82) is 0 Å². The van der Waals surface area contributed by atoms with Gasteiger partial charge in [0.05, 0.1) is 11.0 Å². The van der Waals surface area contributed by atoms with E-state index < -0.39 is 0 Å². The van der Waals surface area contributed by atoms with Crippen LogP contribution in [0.25, 0.3) is 0 Å². The number of halogens is 1. The number of hydrogen-bond donors (Lipinski definition) is 2. The second kappa shape index (κ2) is 8.67. The average molecular weight is 405 g/mol. The second-order valence-corrected chi connectivity index (χ2v) is 6.67. The minimum Gasteiger partial charge on any atom is -0.483 e. The van der Waals surface area contributed by atoms with Gasteiger partial charge in [0, 0.05) is 5.69 Å². The van der Waals surface area contributed by atoms with Gasteiger partial charge in [0.15, 0.2) is 6.61 Å². The maximum atomic E-state index is 12.1. The van der Waals surface area contributed by atoms with Gasteiger partial charge >= 0.3 is 0 Å². The summed E-state index contributed by atoms with van der Waals surface area (Å²) in [6, 6.07) is 11.3. The van der Waals surface area contributed by atoms with Crippen LogP contribution in [0.1, 0.15) is 16.7 Å². The molecular weight excluding hydrogens is 384 g/mol. The molecule has 0 bridgehead atoms. The molecule has 2 amide bonds. The summed E-state index contributed by atoms with van der Waals surface area (Å²) in [5.74, 6) is -0.0550. The van der Waals surface area contributed by atoms with E-state index in [-0.39, 0.29) is 25.0 Å². The first-order valence-corrected chi connectivity index (χ1v) is 8.68. The Morgan fingerprint density at radius 3 is 2.32 bits per heavy atom. The third-order valence-electron chi connectivity index (χ3n) is 3.58. The lowest BCUT2D eigenvalue weighted by atomic mass is 10.1. The van der Waals surface area contributed by atoms with Crippen molar-refractivity contribution in [2.75, 3.05) is 18.5 Å². The molecular formula is C19H21BrN2O3. The first-order chi connectivity index (χ1) is 11.9. The fraction of sp³-hybridized carbons (Fsp3) is 0.263. The minimum atomic E-state index is -0.358. The van der Waals surface area contributed by atoms with E-state index in [1.54, 1.807) is 6.07 Å². The van der Waals surface area contributed by atoms with E-state index >= 15 is 0 Å². The summed E-state index contributed by atoms with van der Waals surface area (Å²) in [6.45, 7) is 5.64. The number of carbonyl (C=O) groups excluding carboxylic acids is 2. The first kappa shape index (κ1) is 19.0. The highest BCUT2D eigenvalue weighted by Gasteiger charge is 2.10. The van der Waals surface area contributed by atoms with Gasteiger partial charge in [-0.2, -0.15) is 0 Å². The Balaban J connectivity index is 1.82. The molecule has 25 heavy (non-hydrogen) atoms. The van der Waals surface area contributed by atoms with E-state index in [4.69, 9.17) is 4.74 Å². The van der Waals surface area contributed by atoms with Gasteiger partial charge in [0.25, 0.3) is 5.91 Å². The normalized spacial score (nSPS) is 10.2. The zero-order valence-corrected chi connectivity index (χ0v) is 16.1. The predicted molar refractivity (Wildman–Crippen MR) is 102 cm³/mol. The molecule has 0 radical (unpaired) electrons. The van der Waals surface area contributed by atoms with Crippen molar-refractivity contribution in [3.63, 3.8) is 0 Å². The minimum absolute atomic E-state index is 0.106. The highest BCUT2D eigenvalue weighted by atomic mass is 79.9. The summed E-state index contributed by atoms with van der Waals surface area (Å²) in [6.07, 6.45) is 0. The van der Waals surface area contributed by atoms with Crippen LogP contribution in [0, 0.1) is 20.8 Å². The molecule has 0 atom stereocenters. The van der Waals surface area contributed by atoms with Gasteiger partial charge in [-0.1, -0.05) is 29.8 Å². The van der Waals surface area contributed by atoms with Gasteiger partial charge in [-0.3, -0.25) is 9.59 Å². The third-order valence-corrected chi connectivity index (χ3v) is 4.24. The zero-order valence-electron chi connectivity index (χ0n) is 14.5. The Hall–Kier alpha value is -2.34. The maximum absolute atomic E-state index is 12.1. The van der Waals surface area contributed by atoms with E-state index in [2.05, 4.69) is 26.6 Å². The Morgan fingerprint density at radius 1 is 1.04 bits per heavy atom. The van der Waals surface area contributed by atoms with Gasteiger partial charge in [0.2, 0.25) is 5.91 Å². The lowest BCUT2D eigenvalue weighted by Crippen LogP contribution is -2.36. The fourth-order valence-electron chi connectivity index (χ4n) is 2.50. The number of carbonyl (C=O) groups is 2. The van der Waals surface area contributed by atoms with Gasteiger partial charge in [-0.15, -0.1) is 0 Å². The summed E-state index contributed by atoms with van der Waals surface area (Å²) in [5.41, 5.74) is 3.92. The lowest BCUT2D eigenvalue weighted by molar-refractivity contribution is -0.125. The number of anilines is 1. The number of ether oxygens (including phenoxy) is 1. The van der Waals surface area contributed by atoms with Gasteiger partial charge < -0.3 is 15.4 Å². The Bertz CT molecular complexity index is 767. The van der Waals surface area contributed by atoms with Gasteiger partial charge in [0.1, 0.15) is 5.75 Å². The van der Waals surface area contributed by atoms with Crippen molar-refractivity contribution in [3.05, 3.63) is 57.6 Å². The molecule has 0 spiro atoms. The number of nitrogens with one attached hydrogen (secondary N) is 2. The molecule has 0 aliphatic heterocycles. The number of hydrogen-bond acceptors (Lipinski definition) is 3. The molecule has 6 heteroatoms. The molecule has 132 valence electrons. The van der Waals surface area contributed by atoms with Crippen LogP contribution in [-0.2, 0) is 9.59 Å². The van der Waals surface area contributed by atoms with Crippen LogP contribution >= 0.6 is 15.9 Å². The number of aryl methyl sites for hydroxylation is 3. The van der Waals surface area contributed by atoms with Gasteiger partial charge in [-0.05, 0) is 60.0 Å². The maximum Gasteiger partial charge on any atom is 0.258 e. The van der Waals surface area contributed by atoms with E-state index in [9.17, 15) is 9.59 Å². The van der Waals surface area contributed by atoms with Crippen LogP contribution in [-0.4, -0.2) is 25.0 Å². The SMILES string of the molecule is Cc1cc(C)c(NC(=O)CNC(=O)COc2ccccc2Br)c(C)c1. The van der Waals surface area contributed by atoms with Crippen molar-refractivity contribution in [2.24, 2.45) is 0 Å². The summed E-state index contributed by atoms with van der Waals surface area (Å²) in [5, 5.41) is 5.39. The molecule has 0 aliphatic rings. The Labute approximate surface area is 155 Å². The molecule has 0 aliphatic carbocycles. The van der Waals surface area contributed by atoms with Crippen molar-refractivity contribution in [3.8, 4) is 5.75 Å². The third kappa shape index (κ3) is 5.60. The van der Waals surface area contributed by atoms with E-state index in [1.807, 2.05) is 51.1 Å². The molecule has 5 nitrogen and oxygen atoms in total. The van der Waals surface area contributed by atoms with E-state index in [0.717, 1.165) is 26.9 Å². The largest absolute Gasteiger partial charge is 0.483 e. The molecule has 2 rings (SSSR count). The molecule has 0 fully saturated rings. The molecule has 2 N–H and O–H groups in total. The van der Waals surface area contributed by atoms with Gasteiger partial charge in [-0.25, -0.2) is 0 Å². The number of para-hydroxylation sites is 1. The number of amides is 2. The quantitative estimate of drug-likeness (QED) is 0.773. The predicted octanol–water partition coefficient (Wildman–Crippen LogP) is 3.51. The van der Waals surface area contributed by atoms with Crippen molar-refractivity contribution in [2.45, 2.75) is 20.8 Å². The second-order valence-electron chi connectivity index (χ2n) is 5.82. The van der Waals surface area contributed by atoms with Crippen LogP contribution in [0.15, 0.2) is 40.9 Å². The topological polar surface area (TPSA) is 67.4 Å². The lowest BCUT2D eigenvalue weighted by Gasteiger charge is -2.13. The molecule has 2 aromatic carbocycles. The van der Waals surface area contributed by atoms with Crippen molar-refractivity contribution >= 4 is 33.4 Å². The molecule has 0 saturated heterocycles. The van der Waals surface area contributed by atoms with Crippen LogP contribution < -0.4 is 15.4 Å². The summed E-state index contributed by atoms with van der Waals surface area (Å²) < 4.78 is 6.18.